The minimum atomic E-state index is 0.166. The maximum Gasteiger partial charge on any atom is 0.145 e. The highest BCUT2D eigenvalue weighted by molar-refractivity contribution is 6.29. The first-order valence-electron chi connectivity index (χ1n) is 14.5. The van der Waals surface area contributed by atoms with Crippen LogP contribution in [0.25, 0.3) is 76.9 Å². The molecule has 6 aromatic carbocycles. The molecule has 0 N–H and O–H groups in total. The van der Waals surface area contributed by atoms with Gasteiger partial charge in [-0.2, -0.15) is 15.8 Å². The molecule has 0 unspecified atom stereocenters. The van der Waals surface area contributed by atoms with E-state index in [0.717, 1.165) is 71.2 Å². The van der Waals surface area contributed by atoms with Crippen LogP contribution in [0.4, 0.5) is 0 Å². The van der Waals surface area contributed by atoms with Crippen LogP contribution in [0.3, 0.4) is 0 Å². The van der Waals surface area contributed by atoms with Crippen molar-refractivity contribution in [2.24, 2.45) is 0 Å². The molecule has 0 fully saturated rings. The lowest BCUT2D eigenvalue weighted by atomic mass is 10.0. The molecule has 0 atom stereocenters. The van der Waals surface area contributed by atoms with E-state index < -0.39 is 0 Å². The van der Waals surface area contributed by atoms with Crippen LogP contribution in [-0.2, 0) is 0 Å². The Morgan fingerprint density at radius 2 is 0.978 bits per heavy atom. The van der Waals surface area contributed by atoms with Crippen molar-refractivity contribution in [2.45, 2.75) is 0 Å². The van der Waals surface area contributed by atoms with E-state index >= 15 is 0 Å². The Labute approximate surface area is 256 Å². The van der Waals surface area contributed by atoms with Gasteiger partial charge in [0.05, 0.1) is 55.2 Å². The first kappa shape index (κ1) is 24.8. The number of benzene rings is 6. The fourth-order valence-electron chi connectivity index (χ4n) is 7.01. The number of hydrogen-bond donors (Lipinski definition) is 0. The molecule has 0 saturated carbocycles. The molecule has 6 heteroatoms. The number of furan rings is 1. The average molecular weight is 574 g/mol. The molecule has 3 aromatic heterocycles. The van der Waals surface area contributed by atoms with E-state index in [-0.39, 0.29) is 11.1 Å². The van der Waals surface area contributed by atoms with Crippen LogP contribution in [0.2, 0.25) is 0 Å². The number of aromatic nitrogens is 2. The minimum Gasteiger partial charge on any atom is -0.455 e. The van der Waals surface area contributed by atoms with Gasteiger partial charge in [0.15, 0.2) is 0 Å². The van der Waals surface area contributed by atoms with E-state index in [1.165, 1.54) is 6.07 Å². The molecule has 0 saturated heterocycles. The molecule has 0 aliphatic carbocycles. The lowest BCUT2D eigenvalue weighted by Crippen LogP contribution is -2.03. The molecule has 9 rings (SSSR count). The smallest absolute Gasteiger partial charge is 0.145 e. The third-order valence-electron chi connectivity index (χ3n) is 8.84. The van der Waals surface area contributed by atoms with Crippen LogP contribution in [0.5, 0.6) is 0 Å². The van der Waals surface area contributed by atoms with Gasteiger partial charge in [0.25, 0.3) is 0 Å². The van der Waals surface area contributed by atoms with E-state index in [1.807, 2.05) is 59.2 Å². The minimum absolute atomic E-state index is 0.166. The lowest BCUT2D eigenvalue weighted by Gasteiger charge is -2.12. The number of fused-ring (bicyclic) bond motifs is 11. The van der Waals surface area contributed by atoms with Gasteiger partial charge in [0.2, 0.25) is 0 Å². The summed E-state index contributed by atoms with van der Waals surface area (Å²) in [6.07, 6.45) is 0. The van der Waals surface area contributed by atoms with Crippen molar-refractivity contribution in [1.29, 1.82) is 15.8 Å². The Hall–Kier alpha value is -6.81. The fourth-order valence-corrected chi connectivity index (χ4v) is 7.01. The third kappa shape index (κ3) is 3.19. The zero-order valence-electron chi connectivity index (χ0n) is 23.6. The quantitative estimate of drug-likeness (QED) is 0.206. The topological polar surface area (TPSA) is 94.4 Å². The van der Waals surface area contributed by atoms with E-state index in [9.17, 15) is 15.8 Å². The van der Waals surface area contributed by atoms with Crippen LogP contribution >= 0.6 is 0 Å². The predicted molar refractivity (Wildman–Crippen MR) is 177 cm³/mol. The molecule has 0 bridgehead atoms. The summed E-state index contributed by atoms with van der Waals surface area (Å²) < 4.78 is 11.1. The summed E-state index contributed by atoms with van der Waals surface area (Å²) in [7, 11) is 0. The highest BCUT2D eigenvalue weighted by atomic mass is 16.3. The van der Waals surface area contributed by atoms with Gasteiger partial charge < -0.3 is 13.6 Å². The normalized spacial score (nSPS) is 11.5. The van der Waals surface area contributed by atoms with Crippen molar-refractivity contribution in [2.75, 3.05) is 0 Å². The number of hydrogen-bond acceptors (Lipinski definition) is 4. The summed E-state index contributed by atoms with van der Waals surface area (Å²) in [4.78, 5) is 0. The molecule has 3 heterocycles. The van der Waals surface area contributed by atoms with Crippen molar-refractivity contribution in [3.05, 3.63) is 132 Å². The Morgan fingerprint density at radius 3 is 1.58 bits per heavy atom. The molecule has 0 amide bonds. The molecule has 9 aromatic rings. The summed E-state index contributed by atoms with van der Waals surface area (Å²) in [5, 5.41) is 36.0. The van der Waals surface area contributed by atoms with Gasteiger partial charge >= 0.3 is 0 Å². The monoisotopic (exact) mass is 573 g/mol. The van der Waals surface area contributed by atoms with Crippen molar-refractivity contribution in [3.63, 3.8) is 0 Å². The van der Waals surface area contributed by atoms with Crippen LogP contribution in [0.15, 0.2) is 120 Å². The molecular formula is C39H19N5O. The molecule has 206 valence electrons. The number of para-hydroxylation sites is 3. The number of nitrogens with zero attached hydrogens (tertiary/aromatic N) is 5. The number of rotatable bonds is 2. The SMILES string of the molecule is N#Cc1ccc(C#N)c(-n2c3ccccc3c3c4oc5c(ccc6c5c5ccccc5n6-c5ccccc5)c4ccc32)c1C#N. The van der Waals surface area contributed by atoms with Crippen LogP contribution in [-0.4, -0.2) is 9.13 Å². The Kier molecular flexibility index (Phi) is 5.00. The van der Waals surface area contributed by atoms with Gasteiger partial charge in [-0.15, -0.1) is 0 Å². The third-order valence-corrected chi connectivity index (χ3v) is 8.84. The molecule has 0 radical (unpaired) electrons. The second-order valence-electron chi connectivity index (χ2n) is 11.0. The molecule has 6 nitrogen and oxygen atoms in total. The first-order valence-corrected chi connectivity index (χ1v) is 14.5. The second-order valence-corrected chi connectivity index (χ2v) is 11.0. The first-order chi connectivity index (χ1) is 22.2. The molecule has 0 aliphatic heterocycles. The van der Waals surface area contributed by atoms with Crippen LogP contribution < -0.4 is 0 Å². The standard InChI is InChI=1S/C39H19N5O/c40-20-23-14-15-24(21-41)37(30(23)22-42)44-32-13-7-5-11-29(32)36-34(44)19-17-27-26-16-18-33-35(38(26)45-39(27)36)28-10-4-6-12-31(28)43(33)25-8-2-1-3-9-25/h1-19H. The lowest BCUT2D eigenvalue weighted by molar-refractivity contribution is 0.677. The summed E-state index contributed by atoms with van der Waals surface area (Å²) >= 11 is 0. The van der Waals surface area contributed by atoms with Crippen molar-refractivity contribution >= 4 is 65.6 Å². The summed E-state index contributed by atoms with van der Waals surface area (Å²) in [5.41, 5.74) is 7.46. The van der Waals surface area contributed by atoms with Crippen LogP contribution in [0, 0.1) is 34.0 Å². The zero-order valence-corrected chi connectivity index (χ0v) is 23.6. The van der Waals surface area contributed by atoms with Crippen molar-refractivity contribution < 1.29 is 4.42 Å². The van der Waals surface area contributed by atoms with Gasteiger partial charge in [-0.05, 0) is 60.7 Å². The van der Waals surface area contributed by atoms with Gasteiger partial charge in [0.1, 0.15) is 29.4 Å². The fraction of sp³-hybridized carbons (Fsp3) is 0. The average Bonchev–Trinajstić information content (AvgIpc) is 3.75. The zero-order chi connectivity index (χ0) is 30.2. The summed E-state index contributed by atoms with van der Waals surface area (Å²) in [6, 6.07) is 44.7. The maximum atomic E-state index is 10.2. The van der Waals surface area contributed by atoms with E-state index in [4.69, 9.17) is 4.42 Å². The molecular weight excluding hydrogens is 554 g/mol. The molecule has 45 heavy (non-hydrogen) atoms. The van der Waals surface area contributed by atoms with Gasteiger partial charge in [0, 0.05) is 27.2 Å². The Bertz CT molecular complexity index is 2850. The van der Waals surface area contributed by atoms with E-state index in [1.54, 1.807) is 6.07 Å². The van der Waals surface area contributed by atoms with Gasteiger partial charge in [-0.1, -0.05) is 54.6 Å². The van der Waals surface area contributed by atoms with Crippen molar-refractivity contribution in [1.82, 2.24) is 9.13 Å². The molecule has 0 spiro atoms. The predicted octanol–water partition coefficient (Wildman–Crippen LogP) is 9.40. The van der Waals surface area contributed by atoms with Crippen molar-refractivity contribution in [3.8, 4) is 29.6 Å². The van der Waals surface area contributed by atoms with Crippen LogP contribution in [0.1, 0.15) is 16.7 Å². The number of nitriles is 3. The summed E-state index contributed by atoms with van der Waals surface area (Å²) in [6.45, 7) is 0. The Morgan fingerprint density at radius 1 is 0.444 bits per heavy atom. The highest BCUT2D eigenvalue weighted by Gasteiger charge is 2.24. The largest absolute Gasteiger partial charge is 0.455 e. The summed E-state index contributed by atoms with van der Waals surface area (Å²) in [5.74, 6) is 0. The second kappa shape index (κ2) is 9.09. The maximum absolute atomic E-state index is 10.2. The Balaban J connectivity index is 1.46. The van der Waals surface area contributed by atoms with E-state index in [2.05, 4.69) is 71.3 Å². The highest BCUT2D eigenvalue weighted by Crippen LogP contribution is 2.45. The molecule has 0 aliphatic rings. The van der Waals surface area contributed by atoms with Gasteiger partial charge in [-0.25, -0.2) is 0 Å². The van der Waals surface area contributed by atoms with Gasteiger partial charge in [-0.3, -0.25) is 0 Å². The van der Waals surface area contributed by atoms with E-state index in [0.29, 0.717) is 11.3 Å².